The lowest BCUT2D eigenvalue weighted by Gasteiger charge is -2.26. The molecule has 1 heterocycles. The van der Waals surface area contributed by atoms with Crippen molar-refractivity contribution >= 4 is 11.7 Å². The van der Waals surface area contributed by atoms with Gasteiger partial charge in [-0.1, -0.05) is 18.2 Å². The van der Waals surface area contributed by atoms with Crippen LogP contribution >= 0.6 is 0 Å². The molecule has 1 atom stereocenters. The number of carbonyl (C=O) groups is 1. The zero-order valence-corrected chi connectivity index (χ0v) is 12.1. The average molecular weight is 262 g/mol. The quantitative estimate of drug-likeness (QED) is 0.849. The van der Waals surface area contributed by atoms with Crippen LogP contribution in [0.3, 0.4) is 0 Å². The first-order valence-corrected chi connectivity index (χ1v) is 6.69. The number of hydrogen-bond acceptors (Lipinski definition) is 4. The summed E-state index contributed by atoms with van der Waals surface area (Å²) in [5, 5.41) is 2.05. The first-order valence-electron chi connectivity index (χ1n) is 6.69. The number of ether oxygens (including phenoxy) is 1. The van der Waals surface area contributed by atoms with Crippen LogP contribution in [-0.4, -0.2) is 24.2 Å². The number of hydrogen-bond donors (Lipinski definition) is 1. The Labute approximate surface area is 114 Å². The highest BCUT2D eigenvalue weighted by atomic mass is 16.6. The van der Waals surface area contributed by atoms with Crippen molar-refractivity contribution in [1.82, 2.24) is 5.43 Å². The Balaban J connectivity index is 1.95. The van der Waals surface area contributed by atoms with Crippen LogP contribution in [0.25, 0.3) is 0 Å². The van der Waals surface area contributed by atoms with Crippen molar-refractivity contribution in [1.29, 1.82) is 0 Å². The molecule has 0 radical (unpaired) electrons. The molecular formula is C15H22N2O2. The molecule has 1 aliphatic rings. The van der Waals surface area contributed by atoms with Crippen LogP contribution in [0.2, 0.25) is 0 Å². The minimum Gasteiger partial charge on any atom is -0.459 e. The summed E-state index contributed by atoms with van der Waals surface area (Å²) in [5.41, 5.74) is 5.19. The zero-order chi connectivity index (χ0) is 14.0. The van der Waals surface area contributed by atoms with Gasteiger partial charge in [0.1, 0.15) is 12.1 Å². The second kappa shape index (κ2) is 5.21. The fourth-order valence-electron chi connectivity index (χ4n) is 2.33. The van der Waals surface area contributed by atoms with Gasteiger partial charge in [0, 0.05) is 6.04 Å². The van der Waals surface area contributed by atoms with E-state index in [4.69, 9.17) is 4.74 Å². The summed E-state index contributed by atoms with van der Waals surface area (Å²) in [4.78, 5) is 11.7. The minimum absolute atomic E-state index is 0.190. The van der Waals surface area contributed by atoms with Gasteiger partial charge in [-0.05, 0) is 45.7 Å². The second-order valence-electron chi connectivity index (χ2n) is 5.97. The van der Waals surface area contributed by atoms with E-state index in [0.717, 1.165) is 12.1 Å². The number of fused-ring (bicyclic) bond motifs is 1. The molecule has 4 nitrogen and oxygen atoms in total. The summed E-state index contributed by atoms with van der Waals surface area (Å²) in [6.45, 7) is 7.95. The Bertz CT molecular complexity index is 465. The van der Waals surface area contributed by atoms with Gasteiger partial charge in [-0.3, -0.25) is 4.79 Å². The molecule has 1 N–H and O–H groups in total. The van der Waals surface area contributed by atoms with E-state index in [0.29, 0.717) is 6.04 Å². The third-order valence-corrected chi connectivity index (χ3v) is 3.02. The van der Waals surface area contributed by atoms with E-state index in [9.17, 15) is 4.79 Å². The number of para-hydroxylation sites is 1. The van der Waals surface area contributed by atoms with Crippen LogP contribution in [0, 0.1) is 0 Å². The number of nitrogens with one attached hydrogen (secondary N) is 1. The number of nitrogens with zero attached hydrogens (tertiary/aromatic N) is 1. The van der Waals surface area contributed by atoms with Crippen LogP contribution in [0.5, 0.6) is 0 Å². The highest BCUT2D eigenvalue weighted by molar-refractivity contribution is 5.72. The summed E-state index contributed by atoms with van der Waals surface area (Å²) in [6.07, 6.45) is 0.998. The smallest absolute Gasteiger partial charge is 0.322 e. The summed E-state index contributed by atoms with van der Waals surface area (Å²) < 4.78 is 5.29. The fraction of sp³-hybridized carbons (Fsp3) is 0.533. The number of carbonyl (C=O) groups excluding carboxylic acids is 1. The van der Waals surface area contributed by atoms with Crippen molar-refractivity contribution in [2.24, 2.45) is 0 Å². The number of esters is 1. The molecule has 19 heavy (non-hydrogen) atoms. The standard InChI is InChI=1S/C15H22N2O2/c1-11-9-12-7-5-6-8-13(12)17(11)16-10-14(18)19-15(2,3)4/h5-8,11,16H,9-10H2,1-4H3. The summed E-state index contributed by atoms with van der Waals surface area (Å²) >= 11 is 0. The van der Waals surface area contributed by atoms with E-state index < -0.39 is 5.60 Å². The van der Waals surface area contributed by atoms with Gasteiger partial charge in [0.2, 0.25) is 0 Å². The molecule has 1 aromatic rings. The molecule has 1 aliphatic heterocycles. The Morgan fingerprint density at radius 1 is 1.42 bits per heavy atom. The second-order valence-corrected chi connectivity index (χ2v) is 5.97. The monoisotopic (exact) mass is 262 g/mol. The van der Waals surface area contributed by atoms with Gasteiger partial charge in [0.25, 0.3) is 0 Å². The maximum absolute atomic E-state index is 11.7. The predicted molar refractivity (Wildman–Crippen MR) is 75.9 cm³/mol. The molecule has 0 spiro atoms. The lowest BCUT2D eigenvalue weighted by Crippen LogP contribution is -2.45. The van der Waals surface area contributed by atoms with E-state index >= 15 is 0 Å². The van der Waals surface area contributed by atoms with Crippen molar-refractivity contribution in [2.45, 2.75) is 45.8 Å². The molecular weight excluding hydrogens is 240 g/mol. The highest BCUT2D eigenvalue weighted by Crippen LogP contribution is 2.29. The third-order valence-electron chi connectivity index (χ3n) is 3.02. The van der Waals surface area contributed by atoms with Gasteiger partial charge in [-0.15, -0.1) is 0 Å². The lowest BCUT2D eigenvalue weighted by atomic mass is 10.1. The van der Waals surface area contributed by atoms with Gasteiger partial charge in [0.05, 0.1) is 5.69 Å². The molecule has 4 heteroatoms. The first kappa shape index (κ1) is 13.9. The third kappa shape index (κ3) is 3.47. The average Bonchev–Trinajstić information content (AvgIpc) is 2.60. The van der Waals surface area contributed by atoms with E-state index in [1.807, 2.05) is 32.9 Å². The Kier molecular flexibility index (Phi) is 3.80. The number of hydrazine groups is 1. The van der Waals surface area contributed by atoms with Crippen LogP contribution in [0.15, 0.2) is 24.3 Å². The van der Waals surface area contributed by atoms with Crippen molar-refractivity contribution in [3.05, 3.63) is 29.8 Å². The van der Waals surface area contributed by atoms with Gasteiger partial charge in [0.15, 0.2) is 0 Å². The molecule has 0 bridgehead atoms. The SMILES string of the molecule is CC1Cc2ccccc2N1NCC(=O)OC(C)(C)C. The van der Waals surface area contributed by atoms with Gasteiger partial charge >= 0.3 is 5.97 Å². The highest BCUT2D eigenvalue weighted by Gasteiger charge is 2.26. The van der Waals surface area contributed by atoms with Crippen LogP contribution in [0.4, 0.5) is 5.69 Å². The van der Waals surface area contributed by atoms with Crippen molar-refractivity contribution in [2.75, 3.05) is 11.6 Å². The minimum atomic E-state index is -0.437. The molecule has 0 amide bonds. The maximum Gasteiger partial charge on any atom is 0.322 e. The predicted octanol–water partition coefficient (Wildman–Crippen LogP) is 2.28. The number of anilines is 1. The first-order chi connectivity index (χ1) is 8.87. The Morgan fingerprint density at radius 3 is 2.79 bits per heavy atom. The molecule has 0 saturated heterocycles. The van der Waals surface area contributed by atoms with Gasteiger partial charge in [-0.2, -0.15) is 0 Å². The molecule has 2 rings (SSSR count). The fourth-order valence-corrected chi connectivity index (χ4v) is 2.33. The molecule has 104 valence electrons. The Morgan fingerprint density at radius 2 is 2.11 bits per heavy atom. The summed E-state index contributed by atoms with van der Waals surface area (Å²) in [6, 6.07) is 8.60. The van der Waals surface area contributed by atoms with Crippen LogP contribution in [0.1, 0.15) is 33.3 Å². The molecule has 0 fully saturated rings. The lowest BCUT2D eigenvalue weighted by molar-refractivity contribution is -0.153. The maximum atomic E-state index is 11.7. The van der Waals surface area contributed by atoms with Gasteiger partial charge < -0.3 is 9.75 Å². The largest absolute Gasteiger partial charge is 0.459 e. The number of benzene rings is 1. The topological polar surface area (TPSA) is 41.6 Å². The summed E-state index contributed by atoms with van der Waals surface area (Å²) in [5.74, 6) is -0.232. The van der Waals surface area contributed by atoms with Crippen LogP contribution < -0.4 is 10.4 Å². The normalized spacial score (nSPS) is 18.3. The zero-order valence-electron chi connectivity index (χ0n) is 12.1. The molecule has 0 saturated carbocycles. The molecule has 0 aliphatic carbocycles. The van der Waals surface area contributed by atoms with E-state index in [-0.39, 0.29) is 12.5 Å². The van der Waals surface area contributed by atoms with Gasteiger partial charge in [-0.25, -0.2) is 5.43 Å². The Hall–Kier alpha value is -1.55. The van der Waals surface area contributed by atoms with Crippen molar-refractivity contribution < 1.29 is 9.53 Å². The van der Waals surface area contributed by atoms with E-state index in [1.54, 1.807) is 0 Å². The molecule has 1 aromatic carbocycles. The number of rotatable bonds is 3. The van der Waals surface area contributed by atoms with E-state index in [2.05, 4.69) is 29.5 Å². The van der Waals surface area contributed by atoms with Crippen molar-refractivity contribution in [3.63, 3.8) is 0 Å². The van der Waals surface area contributed by atoms with Crippen LogP contribution in [-0.2, 0) is 16.0 Å². The van der Waals surface area contributed by atoms with E-state index in [1.165, 1.54) is 5.56 Å². The molecule has 1 unspecified atom stereocenters. The summed E-state index contributed by atoms with van der Waals surface area (Å²) in [7, 11) is 0. The molecule has 0 aromatic heterocycles. The van der Waals surface area contributed by atoms with Crippen molar-refractivity contribution in [3.8, 4) is 0 Å².